The Morgan fingerprint density at radius 1 is 1.39 bits per heavy atom. The summed E-state index contributed by atoms with van der Waals surface area (Å²) < 4.78 is 0. The number of aryl methyl sites for hydroxylation is 1. The van der Waals surface area contributed by atoms with Gasteiger partial charge in [-0.15, -0.1) is 0 Å². The molecule has 0 bridgehead atoms. The van der Waals surface area contributed by atoms with Gasteiger partial charge in [0.2, 0.25) is 5.91 Å². The highest BCUT2D eigenvalue weighted by Crippen LogP contribution is 2.25. The fraction of sp³-hybridized carbons (Fsp3) is 0.615. The van der Waals surface area contributed by atoms with E-state index in [-0.39, 0.29) is 17.4 Å². The topological polar surface area (TPSA) is 66.1 Å². The van der Waals surface area contributed by atoms with E-state index in [9.17, 15) is 9.59 Å². The van der Waals surface area contributed by atoms with Crippen molar-refractivity contribution in [2.24, 2.45) is 5.92 Å². The molecule has 1 aromatic heterocycles. The van der Waals surface area contributed by atoms with Crippen molar-refractivity contribution in [2.75, 3.05) is 13.1 Å². The Hall–Kier alpha value is -1.65. The van der Waals surface area contributed by atoms with Crippen molar-refractivity contribution in [3.8, 4) is 0 Å². The highest BCUT2D eigenvalue weighted by molar-refractivity contribution is 5.79. The van der Waals surface area contributed by atoms with Crippen LogP contribution in [-0.4, -0.2) is 34.1 Å². The van der Waals surface area contributed by atoms with Crippen LogP contribution in [0.15, 0.2) is 10.9 Å². The predicted octanol–water partition coefficient (Wildman–Crippen LogP) is 0.497. The standard InChI is InChI=1S/C13H17N3O2/c17-12-8-10-7-9(3-4-11(10)14-15-12)13(18)16-5-1-2-6-16/h8-9H,1-7H2,(H,15,17). The minimum Gasteiger partial charge on any atom is -0.342 e. The molecule has 1 fully saturated rings. The fourth-order valence-electron chi connectivity index (χ4n) is 2.95. The summed E-state index contributed by atoms with van der Waals surface area (Å²) in [4.78, 5) is 25.5. The third kappa shape index (κ3) is 2.05. The molecule has 2 heterocycles. The smallest absolute Gasteiger partial charge is 0.264 e. The number of fused-ring (bicyclic) bond motifs is 1. The van der Waals surface area contributed by atoms with E-state index < -0.39 is 0 Å². The quantitative estimate of drug-likeness (QED) is 0.785. The van der Waals surface area contributed by atoms with Crippen LogP contribution in [0, 0.1) is 5.92 Å². The molecule has 2 aliphatic rings. The minimum atomic E-state index is -0.178. The number of amides is 1. The number of aromatic amines is 1. The maximum atomic E-state index is 12.3. The summed E-state index contributed by atoms with van der Waals surface area (Å²) in [6.07, 6.45) is 4.55. The molecule has 1 saturated heterocycles. The van der Waals surface area contributed by atoms with E-state index in [2.05, 4.69) is 10.2 Å². The van der Waals surface area contributed by atoms with Crippen LogP contribution in [0.5, 0.6) is 0 Å². The van der Waals surface area contributed by atoms with Crippen molar-refractivity contribution in [3.63, 3.8) is 0 Å². The number of nitrogens with one attached hydrogen (secondary N) is 1. The van der Waals surface area contributed by atoms with Gasteiger partial charge in [-0.25, -0.2) is 5.10 Å². The molecule has 96 valence electrons. The molecule has 1 aliphatic carbocycles. The Morgan fingerprint density at radius 2 is 2.17 bits per heavy atom. The van der Waals surface area contributed by atoms with E-state index >= 15 is 0 Å². The Labute approximate surface area is 105 Å². The molecule has 3 rings (SSSR count). The molecule has 5 heteroatoms. The summed E-state index contributed by atoms with van der Waals surface area (Å²) in [6, 6.07) is 1.59. The average Bonchev–Trinajstić information content (AvgIpc) is 2.90. The molecule has 1 N–H and O–H groups in total. The first-order valence-corrected chi connectivity index (χ1v) is 6.60. The third-order valence-electron chi connectivity index (χ3n) is 3.94. The molecule has 1 aliphatic heterocycles. The van der Waals surface area contributed by atoms with E-state index in [4.69, 9.17) is 0 Å². The normalized spacial score (nSPS) is 22.9. The predicted molar refractivity (Wildman–Crippen MR) is 66.2 cm³/mol. The Bertz CT molecular complexity index is 517. The van der Waals surface area contributed by atoms with Gasteiger partial charge in [-0.05, 0) is 37.7 Å². The fourth-order valence-corrected chi connectivity index (χ4v) is 2.95. The van der Waals surface area contributed by atoms with Gasteiger partial charge in [-0.2, -0.15) is 5.10 Å². The molecule has 1 unspecified atom stereocenters. The summed E-state index contributed by atoms with van der Waals surface area (Å²) in [5.41, 5.74) is 1.71. The van der Waals surface area contributed by atoms with Gasteiger partial charge in [0.15, 0.2) is 0 Å². The number of aromatic nitrogens is 2. The van der Waals surface area contributed by atoms with Gasteiger partial charge in [-0.3, -0.25) is 9.59 Å². The van der Waals surface area contributed by atoms with Crippen LogP contribution in [0.3, 0.4) is 0 Å². The van der Waals surface area contributed by atoms with Crippen LogP contribution < -0.4 is 5.56 Å². The second-order valence-electron chi connectivity index (χ2n) is 5.18. The molecule has 1 atom stereocenters. The number of rotatable bonds is 1. The van der Waals surface area contributed by atoms with Gasteiger partial charge < -0.3 is 4.90 Å². The molecule has 1 aromatic rings. The number of carbonyl (C=O) groups excluding carboxylic acids is 1. The van der Waals surface area contributed by atoms with Crippen molar-refractivity contribution < 1.29 is 4.79 Å². The lowest BCUT2D eigenvalue weighted by atomic mass is 9.86. The zero-order chi connectivity index (χ0) is 12.5. The van der Waals surface area contributed by atoms with Crippen molar-refractivity contribution in [1.29, 1.82) is 0 Å². The van der Waals surface area contributed by atoms with Crippen molar-refractivity contribution in [2.45, 2.75) is 32.1 Å². The molecule has 0 radical (unpaired) electrons. The van der Waals surface area contributed by atoms with Crippen molar-refractivity contribution >= 4 is 5.91 Å². The first-order valence-electron chi connectivity index (χ1n) is 6.60. The number of hydrogen-bond donors (Lipinski definition) is 1. The van der Waals surface area contributed by atoms with E-state index in [1.807, 2.05) is 4.90 Å². The number of carbonyl (C=O) groups is 1. The van der Waals surface area contributed by atoms with Gasteiger partial charge >= 0.3 is 0 Å². The highest BCUT2D eigenvalue weighted by atomic mass is 16.2. The molecule has 18 heavy (non-hydrogen) atoms. The maximum absolute atomic E-state index is 12.3. The lowest BCUT2D eigenvalue weighted by Crippen LogP contribution is -2.37. The van der Waals surface area contributed by atoms with Gasteiger partial charge in [0.25, 0.3) is 5.56 Å². The van der Waals surface area contributed by atoms with Crippen molar-refractivity contribution in [1.82, 2.24) is 15.1 Å². The Morgan fingerprint density at radius 3 is 2.94 bits per heavy atom. The zero-order valence-electron chi connectivity index (χ0n) is 10.3. The molecule has 0 aromatic carbocycles. The van der Waals surface area contributed by atoms with Gasteiger partial charge in [0.05, 0.1) is 5.69 Å². The van der Waals surface area contributed by atoms with Crippen LogP contribution in [0.1, 0.15) is 30.5 Å². The molecule has 0 spiro atoms. The minimum absolute atomic E-state index is 0.0409. The molecular weight excluding hydrogens is 230 g/mol. The number of likely N-dealkylation sites (tertiary alicyclic amines) is 1. The van der Waals surface area contributed by atoms with Gasteiger partial charge in [0.1, 0.15) is 0 Å². The van der Waals surface area contributed by atoms with Gasteiger partial charge in [-0.1, -0.05) is 0 Å². The second kappa shape index (κ2) is 4.55. The average molecular weight is 247 g/mol. The van der Waals surface area contributed by atoms with E-state index in [0.29, 0.717) is 6.42 Å². The third-order valence-corrected chi connectivity index (χ3v) is 3.94. The van der Waals surface area contributed by atoms with Crippen LogP contribution in [-0.2, 0) is 17.6 Å². The highest BCUT2D eigenvalue weighted by Gasteiger charge is 2.30. The first kappa shape index (κ1) is 11.4. The Kier molecular flexibility index (Phi) is 2.89. The van der Waals surface area contributed by atoms with Gasteiger partial charge in [0, 0.05) is 25.1 Å². The lowest BCUT2D eigenvalue weighted by molar-refractivity contribution is -0.134. The molecule has 0 saturated carbocycles. The second-order valence-corrected chi connectivity index (χ2v) is 5.18. The first-order chi connectivity index (χ1) is 8.74. The van der Waals surface area contributed by atoms with E-state index in [1.165, 1.54) is 0 Å². The van der Waals surface area contributed by atoms with Crippen molar-refractivity contribution in [3.05, 3.63) is 27.7 Å². The maximum Gasteiger partial charge on any atom is 0.264 e. The Balaban J connectivity index is 1.77. The largest absolute Gasteiger partial charge is 0.342 e. The number of H-pyrrole nitrogens is 1. The summed E-state index contributed by atoms with van der Waals surface area (Å²) >= 11 is 0. The summed E-state index contributed by atoms with van der Waals surface area (Å²) in [6.45, 7) is 1.80. The van der Waals surface area contributed by atoms with Crippen LogP contribution in [0.4, 0.5) is 0 Å². The van der Waals surface area contributed by atoms with E-state index in [1.54, 1.807) is 6.07 Å². The summed E-state index contributed by atoms with van der Waals surface area (Å²) in [5, 5.41) is 6.51. The SMILES string of the molecule is O=C(C1CCc2n[nH]c(=O)cc2C1)N1CCCC1. The number of hydrogen-bond acceptors (Lipinski definition) is 3. The molecular formula is C13H17N3O2. The van der Waals surface area contributed by atoms with Crippen LogP contribution in [0.2, 0.25) is 0 Å². The van der Waals surface area contributed by atoms with Crippen LogP contribution >= 0.6 is 0 Å². The molecule has 1 amide bonds. The molecule has 5 nitrogen and oxygen atoms in total. The summed E-state index contributed by atoms with van der Waals surface area (Å²) in [7, 11) is 0. The number of nitrogens with zero attached hydrogens (tertiary/aromatic N) is 2. The zero-order valence-corrected chi connectivity index (χ0v) is 10.3. The van der Waals surface area contributed by atoms with E-state index in [0.717, 1.165) is 50.0 Å². The monoisotopic (exact) mass is 247 g/mol. The lowest BCUT2D eigenvalue weighted by Gasteiger charge is -2.26. The summed E-state index contributed by atoms with van der Waals surface area (Å²) in [5.74, 6) is 0.303. The van der Waals surface area contributed by atoms with Crippen LogP contribution in [0.25, 0.3) is 0 Å².